The van der Waals surface area contributed by atoms with Crippen molar-refractivity contribution in [2.75, 3.05) is 5.75 Å². The van der Waals surface area contributed by atoms with E-state index in [1.807, 2.05) is 51.1 Å². The highest BCUT2D eigenvalue weighted by molar-refractivity contribution is 8.15. The molecule has 1 aromatic rings. The molecule has 1 aromatic carbocycles. The van der Waals surface area contributed by atoms with E-state index < -0.39 is 5.60 Å². The van der Waals surface area contributed by atoms with Crippen molar-refractivity contribution in [1.29, 1.82) is 0 Å². The fraction of sp³-hybridized carbons (Fsp3) is 0.333. The zero-order chi connectivity index (χ0) is 18.7. The lowest BCUT2D eigenvalue weighted by atomic mass is 9.97. The maximum Gasteiger partial charge on any atom is 0.257 e. The van der Waals surface area contributed by atoms with Gasteiger partial charge in [0, 0.05) is 6.54 Å². The molecule has 8 heteroatoms. The van der Waals surface area contributed by atoms with Gasteiger partial charge in [0.25, 0.3) is 5.91 Å². The van der Waals surface area contributed by atoms with Crippen LogP contribution in [0.15, 0.2) is 51.7 Å². The summed E-state index contributed by atoms with van der Waals surface area (Å²) in [6.45, 7) is 5.99. The minimum atomic E-state index is -0.648. The average molecular weight is 372 g/mol. The van der Waals surface area contributed by atoms with Crippen molar-refractivity contribution in [3.63, 3.8) is 0 Å². The summed E-state index contributed by atoms with van der Waals surface area (Å²) < 4.78 is 5.82. The molecule has 0 atom stereocenters. The number of hydrogen-bond donors (Lipinski definition) is 2. The van der Waals surface area contributed by atoms with E-state index in [9.17, 15) is 9.59 Å². The van der Waals surface area contributed by atoms with Crippen LogP contribution in [-0.4, -0.2) is 34.2 Å². The van der Waals surface area contributed by atoms with Crippen LogP contribution in [0, 0.1) is 0 Å². The Balaban J connectivity index is 1.79. The molecule has 0 unspecified atom stereocenters. The highest BCUT2D eigenvalue weighted by Gasteiger charge is 2.39. The van der Waals surface area contributed by atoms with Gasteiger partial charge in [-0.05, 0) is 31.9 Å². The summed E-state index contributed by atoms with van der Waals surface area (Å²) in [4.78, 5) is 24.0. The first kappa shape index (κ1) is 18.2. The third-order valence-corrected chi connectivity index (χ3v) is 5.05. The number of hydrogen-bond acceptors (Lipinski definition) is 6. The molecule has 2 heterocycles. The van der Waals surface area contributed by atoms with E-state index in [0.717, 1.165) is 11.1 Å². The maximum atomic E-state index is 12.7. The lowest BCUT2D eigenvalue weighted by Gasteiger charge is -2.19. The highest BCUT2D eigenvalue weighted by Crippen LogP contribution is 2.33. The Morgan fingerprint density at radius 3 is 2.69 bits per heavy atom. The third-order valence-electron chi connectivity index (χ3n) is 4.18. The summed E-state index contributed by atoms with van der Waals surface area (Å²) in [5, 5.41) is 14.0. The molecule has 136 valence electrons. The Hall–Kier alpha value is -2.61. The van der Waals surface area contributed by atoms with Crippen LogP contribution in [0.4, 0.5) is 0 Å². The molecule has 0 aliphatic carbocycles. The first-order valence-electron chi connectivity index (χ1n) is 8.18. The minimum Gasteiger partial charge on any atom is -0.465 e. The molecule has 2 N–H and O–H groups in total. The molecule has 0 spiro atoms. The van der Waals surface area contributed by atoms with Crippen LogP contribution in [0.2, 0.25) is 0 Å². The van der Waals surface area contributed by atoms with Gasteiger partial charge in [0.05, 0.1) is 5.75 Å². The van der Waals surface area contributed by atoms with Crippen LogP contribution in [0.5, 0.6) is 0 Å². The van der Waals surface area contributed by atoms with Gasteiger partial charge in [0.15, 0.2) is 5.17 Å². The number of benzene rings is 1. The summed E-state index contributed by atoms with van der Waals surface area (Å²) in [6, 6.07) is 9.65. The molecule has 0 radical (unpaired) electrons. The average Bonchev–Trinajstić information content (AvgIpc) is 3.13. The number of nitrogens with zero attached hydrogens (tertiary/aromatic N) is 2. The van der Waals surface area contributed by atoms with Crippen LogP contribution >= 0.6 is 11.8 Å². The van der Waals surface area contributed by atoms with Gasteiger partial charge in [-0.25, -0.2) is 0 Å². The molecular weight excluding hydrogens is 352 g/mol. The van der Waals surface area contributed by atoms with Crippen molar-refractivity contribution in [3.05, 3.63) is 47.0 Å². The van der Waals surface area contributed by atoms with E-state index in [1.54, 1.807) is 0 Å². The summed E-state index contributed by atoms with van der Waals surface area (Å²) >= 11 is 1.26. The third kappa shape index (κ3) is 3.96. The van der Waals surface area contributed by atoms with E-state index in [4.69, 9.17) is 4.74 Å². The standard InChI is InChI=1S/C18H20N4O3S/c1-11-14(15(24)19-9-12-7-5-4-6-8-12)16(25-18(11,2)3)21-22-17-20-13(23)10-26-17/h4-8H,9-10H2,1-3H3,(H,19,24)(H,20,22,23). The van der Waals surface area contributed by atoms with Gasteiger partial charge < -0.3 is 15.4 Å². The number of nitrogens with one attached hydrogen (secondary N) is 2. The molecule has 3 rings (SSSR count). The van der Waals surface area contributed by atoms with Crippen molar-refractivity contribution in [2.24, 2.45) is 10.2 Å². The zero-order valence-corrected chi connectivity index (χ0v) is 15.6. The monoisotopic (exact) mass is 372 g/mol. The van der Waals surface area contributed by atoms with Gasteiger partial charge in [0.1, 0.15) is 11.2 Å². The molecule has 7 nitrogen and oxygen atoms in total. The number of amides is 2. The number of carbonyl (C=O) groups is 2. The van der Waals surface area contributed by atoms with E-state index >= 15 is 0 Å². The quantitative estimate of drug-likeness (QED) is 0.791. The molecule has 0 aromatic heterocycles. The van der Waals surface area contributed by atoms with Crippen LogP contribution in [0.1, 0.15) is 26.3 Å². The Morgan fingerprint density at radius 1 is 1.31 bits per heavy atom. The van der Waals surface area contributed by atoms with Crippen molar-refractivity contribution in [2.45, 2.75) is 32.9 Å². The molecule has 2 aliphatic rings. The minimum absolute atomic E-state index is 0.117. The maximum absolute atomic E-state index is 12.7. The molecule has 0 saturated carbocycles. The Morgan fingerprint density at radius 2 is 2.04 bits per heavy atom. The summed E-state index contributed by atoms with van der Waals surface area (Å²) in [5.41, 5.74) is 1.51. The highest BCUT2D eigenvalue weighted by atomic mass is 32.2. The second kappa shape index (κ2) is 7.33. The normalized spacial score (nSPS) is 21.9. The second-order valence-electron chi connectivity index (χ2n) is 6.43. The Bertz CT molecular complexity index is 828. The van der Waals surface area contributed by atoms with Crippen molar-refractivity contribution < 1.29 is 14.3 Å². The smallest absolute Gasteiger partial charge is 0.257 e. The number of amidine groups is 1. The molecule has 2 aliphatic heterocycles. The predicted octanol–water partition coefficient (Wildman–Crippen LogP) is 1.96. The Labute approximate surface area is 156 Å². The van der Waals surface area contributed by atoms with E-state index in [2.05, 4.69) is 20.8 Å². The van der Waals surface area contributed by atoms with Gasteiger partial charge in [-0.2, -0.15) is 0 Å². The first-order chi connectivity index (χ1) is 12.4. The zero-order valence-electron chi connectivity index (χ0n) is 14.8. The molecular formula is C18H20N4O3S. The van der Waals surface area contributed by atoms with E-state index in [-0.39, 0.29) is 17.7 Å². The predicted molar refractivity (Wildman–Crippen MR) is 102 cm³/mol. The van der Waals surface area contributed by atoms with Crippen molar-refractivity contribution in [3.8, 4) is 0 Å². The molecule has 1 fully saturated rings. The van der Waals surface area contributed by atoms with Gasteiger partial charge >= 0.3 is 0 Å². The molecule has 1 saturated heterocycles. The lowest BCUT2D eigenvalue weighted by molar-refractivity contribution is -0.117. The van der Waals surface area contributed by atoms with E-state index in [0.29, 0.717) is 23.0 Å². The fourth-order valence-corrected chi connectivity index (χ4v) is 3.13. The second-order valence-corrected chi connectivity index (χ2v) is 7.39. The van der Waals surface area contributed by atoms with Crippen LogP contribution in [-0.2, 0) is 20.9 Å². The fourth-order valence-electron chi connectivity index (χ4n) is 2.51. The van der Waals surface area contributed by atoms with Crippen molar-refractivity contribution >= 4 is 34.6 Å². The molecule has 0 bridgehead atoms. The molecule has 2 amide bonds. The van der Waals surface area contributed by atoms with Gasteiger partial charge in [0.2, 0.25) is 11.8 Å². The summed E-state index contributed by atoms with van der Waals surface area (Å²) in [7, 11) is 0. The summed E-state index contributed by atoms with van der Waals surface area (Å²) in [6.07, 6.45) is 0. The number of thioether (sulfide) groups is 1. The van der Waals surface area contributed by atoms with Crippen LogP contribution in [0.25, 0.3) is 0 Å². The number of ether oxygens (including phenoxy) is 1. The lowest BCUT2D eigenvalue weighted by Crippen LogP contribution is -2.27. The largest absolute Gasteiger partial charge is 0.465 e. The van der Waals surface area contributed by atoms with Gasteiger partial charge in [-0.3, -0.25) is 9.59 Å². The first-order valence-corrected chi connectivity index (χ1v) is 9.16. The van der Waals surface area contributed by atoms with Crippen LogP contribution < -0.4 is 10.6 Å². The number of rotatable bonds is 4. The Kier molecular flexibility index (Phi) is 5.13. The van der Waals surface area contributed by atoms with Crippen molar-refractivity contribution in [1.82, 2.24) is 10.6 Å². The van der Waals surface area contributed by atoms with Crippen LogP contribution in [0.3, 0.4) is 0 Å². The summed E-state index contributed by atoms with van der Waals surface area (Å²) in [5.74, 6) is 0.0930. The SMILES string of the molecule is CC1=C(C(=O)NCc2ccccc2)C(=NN=C2NC(=O)CS2)OC1(C)C. The topological polar surface area (TPSA) is 92.1 Å². The number of carbonyl (C=O) groups excluding carboxylic acids is 2. The van der Waals surface area contributed by atoms with Gasteiger partial charge in [-0.1, -0.05) is 42.1 Å². The van der Waals surface area contributed by atoms with Gasteiger partial charge in [-0.15, -0.1) is 10.2 Å². The van der Waals surface area contributed by atoms with E-state index in [1.165, 1.54) is 11.8 Å². The molecule has 26 heavy (non-hydrogen) atoms.